The molecule has 1 aromatic carbocycles. The zero-order chi connectivity index (χ0) is 13.5. The summed E-state index contributed by atoms with van der Waals surface area (Å²) in [6.45, 7) is 8.49. The molecule has 18 heavy (non-hydrogen) atoms. The van der Waals surface area contributed by atoms with E-state index in [0.717, 1.165) is 29.2 Å². The second-order valence-electron chi connectivity index (χ2n) is 4.25. The van der Waals surface area contributed by atoms with Gasteiger partial charge in [0.05, 0.1) is 6.54 Å². The van der Waals surface area contributed by atoms with E-state index >= 15 is 0 Å². The molecule has 0 unspecified atom stereocenters. The molecule has 0 bridgehead atoms. The lowest BCUT2D eigenvalue weighted by Crippen LogP contribution is -2.37. The third kappa shape index (κ3) is 4.31. The maximum Gasteiger partial charge on any atom is 0.236 e. The second-order valence-corrected chi connectivity index (χ2v) is 4.66. The lowest BCUT2D eigenvalue weighted by molar-refractivity contribution is -0.129. The number of halogens is 1. The van der Waals surface area contributed by atoms with Crippen LogP contribution < -0.4 is 5.32 Å². The van der Waals surface area contributed by atoms with Crippen LogP contribution in [0.1, 0.15) is 25.0 Å². The van der Waals surface area contributed by atoms with Crippen molar-refractivity contribution in [2.24, 2.45) is 0 Å². The first-order chi connectivity index (χ1) is 8.58. The van der Waals surface area contributed by atoms with Crippen LogP contribution in [0.5, 0.6) is 0 Å². The highest BCUT2D eigenvalue weighted by atomic mass is 35.5. The highest BCUT2D eigenvalue weighted by Gasteiger charge is 2.08. The van der Waals surface area contributed by atoms with Gasteiger partial charge in [0.25, 0.3) is 0 Å². The highest BCUT2D eigenvalue weighted by Crippen LogP contribution is 2.16. The minimum Gasteiger partial charge on any atom is -0.342 e. The Kier molecular flexibility index (Phi) is 6.16. The van der Waals surface area contributed by atoms with E-state index in [1.54, 1.807) is 0 Å². The maximum absolute atomic E-state index is 11.8. The van der Waals surface area contributed by atoms with Crippen LogP contribution in [-0.4, -0.2) is 30.4 Å². The summed E-state index contributed by atoms with van der Waals surface area (Å²) in [4.78, 5) is 13.6. The standard InChI is InChI=1S/C14H21ClN2O/c1-4-17(5-2)14(18)10-16-9-12-7-6-11(3)13(15)8-12/h6-8,16H,4-5,9-10H2,1-3H3. The molecule has 0 fully saturated rings. The second kappa shape index (κ2) is 7.39. The summed E-state index contributed by atoms with van der Waals surface area (Å²) < 4.78 is 0. The van der Waals surface area contributed by atoms with Crippen LogP contribution in [0.2, 0.25) is 5.02 Å². The number of amides is 1. The molecule has 0 radical (unpaired) electrons. The Labute approximate surface area is 114 Å². The fraction of sp³-hybridized carbons (Fsp3) is 0.500. The molecule has 0 aliphatic heterocycles. The average molecular weight is 269 g/mol. The zero-order valence-electron chi connectivity index (χ0n) is 11.3. The smallest absolute Gasteiger partial charge is 0.236 e. The van der Waals surface area contributed by atoms with Crippen molar-refractivity contribution in [2.45, 2.75) is 27.3 Å². The van der Waals surface area contributed by atoms with Gasteiger partial charge in [-0.25, -0.2) is 0 Å². The maximum atomic E-state index is 11.8. The first-order valence-electron chi connectivity index (χ1n) is 6.32. The van der Waals surface area contributed by atoms with E-state index in [1.165, 1.54) is 0 Å². The van der Waals surface area contributed by atoms with E-state index in [9.17, 15) is 4.79 Å². The summed E-state index contributed by atoms with van der Waals surface area (Å²) in [7, 11) is 0. The number of hydrogen-bond donors (Lipinski definition) is 1. The van der Waals surface area contributed by atoms with Crippen molar-refractivity contribution in [3.63, 3.8) is 0 Å². The van der Waals surface area contributed by atoms with E-state index in [1.807, 2.05) is 43.9 Å². The number of hydrogen-bond acceptors (Lipinski definition) is 2. The fourth-order valence-electron chi connectivity index (χ4n) is 1.75. The van der Waals surface area contributed by atoms with Gasteiger partial charge in [-0.3, -0.25) is 4.79 Å². The van der Waals surface area contributed by atoms with Gasteiger partial charge in [0.1, 0.15) is 0 Å². The molecule has 1 rings (SSSR count). The van der Waals surface area contributed by atoms with Gasteiger partial charge >= 0.3 is 0 Å². The van der Waals surface area contributed by atoms with Crippen LogP contribution >= 0.6 is 11.6 Å². The summed E-state index contributed by atoms with van der Waals surface area (Å²) in [5.41, 5.74) is 2.16. The van der Waals surface area contributed by atoms with Gasteiger partial charge in [0, 0.05) is 24.7 Å². The minimum atomic E-state index is 0.137. The Bertz CT molecular complexity index is 403. The minimum absolute atomic E-state index is 0.137. The fourth-order valence-corrected chi connectivity index (χ4v) is 1.95. The molecule has 0 aliphatic carbocycles. The zero-order valence-corrected chi connectivity index (χ0v) is 12.0. The summed E-state index contributed by atoms with van der Waals surface area (Å²) >= 11 is 6.05. The molecular weight excluding hydrogens is 248 g/mol. The summed E-state index contributed by atoms with van der Waals surface area (Å²) in [6, 6.07) is 5.95. The molecule has 0 spiro atoms. The van der Waals surface area contributed by atoms with Crippen LogP contribution in [0, 0.1) is 6.92 Å². The SMILES string of the molecule is CCN(CC)C(=O)CNCc1ccc(C)c(Cl)c1. The van der Waals surface area contributed by atoms with Gasteiger partial charge in [0.2, 0.25) is 5.91 Å². The quantitative estimate of drug-likeness (QED) is 0.860. The summed E-state index contributed by atoms with van der Waals surface area (Å²) in [5.74, 6) is 0.137. The van der Waals surface area contributed by atoms with Crippen LogP contribution in [0.25, 0.3) is 0 Å². The number of nitrogens with zero attached hydrogens (tertiary/aromatic N) is 1. The molecule has 3 nitrogen and oxygen atoms in total. The van der Waals surface area contributed by atoms with Gasteiger partial charge in [-0.2, -0.15) is 0 Å². The van der Waals surface area contributed by atoms with Gasteiger partial charge in [-0.15, -0.1) is 0 Å². The third-order valence-electron chi connectivity index (χ3n) is 2.96. The largest absolute Gasteiger partial charge is 0.342 e. The van der Waals surface area contributed by atoms with Crippen LogP contribution in [0.15, 0.2) is 18.2 Å². The normalized spacial score (nSPS) is 10.4. The predicted octanol–water partition coefficient (Wildman–Crippen LogP) is 2.61. The molecule has 100 valence electrons. The predicted molar refractivity (Wildman–Crippen MR) is 75.8 cm³/mol. The molecular formula is C14H21ClN2O. The van der Waals surface area contributed by atoms with Crippen LogP contribution in [0.4, 0.5) is 0 Å². The van der Waals surface area contributed by atoms with Crippen molar-refractivity contribution in [1.29, 1.82) is 0 Å². The van der Waals surface area contributed by atoms with E-state index in [0.29, 0.717) is 13.1 Å². The topological polar surface area (TPSA) is 32.3 Å². The van der Waals surface area contributed by atoms with Gasteiger partial charge in [0.15, 0.2) is 0 Å². The van der Waals surface area contributed by atoms with Gasteiger partial charge < -0.3 is 10.2 Å². The Balaban J connectivity index is 2.41. The van der Waals surface area contributed by atoms with Crippen molar-refractivity contribution in [3.8, 4) is 0 Å². The number of carbonyl (C=O) groups is 1. The number of nitrogens with one attached hydrogen (secondary N) is 1. The first-order valence-corrected chi connectivity index (χ1v) is 6.69. The molecule has 0 aromatic heterocycles. The molecule has 0 atom stereocenters. The average Bonchev–Trinajstić information content (AvgIpc) is 2.35. The number of aryl methyl sites for hydroxylation is 1. The Hall–Kier alpha value is -1.06. The van der Waals surface area contributed by atoms with E-state index in [-0.39, 0.29) is 5.91 Å². The first kappa shape index (κ1) is 15.0. The molecule has 0 aliphatic rings. The molecule has 1 aromatic rings. The monoisotopic (exact) mass is 268 g/mol. The van der Waals surface area contributed by atoms with E-state index in [4.69, 9.17) is 11.6 Å². The molecule has 0 saturated carbocycles. The van der Waals surface area contributed by atoms with Crippen molar-refractivity contribution >= 4 is 17.5 Å². The number of likely N-dealkylation sites (N-methyl/N-ethyl adjacent to an activating group) is 1. The van der Waals surface area contributed by atoms with Crippen molar-refractivity contribution < 1.29 is 4.79 Å². The van der Waals surface area contributed by atoms with Crippen molar-refractivity contribution in [3.05, 3.63) is 34.3 Å². The highest BCUT2D eigenvalue weighted by molar-refractivity contribution is 6.31. The van der Waals surface area contributed by atoms with Crippen molar-refractivity contribution in [2.75, 3.05) is 19.6 Å². The number of rotatable bonds is 6. The Morgan fingerprint density at radius 3 is 2.56 bits per heavy atom. The molecule has 1 amide bonds. The lowest BCUT2D eigenvalue weighted by Gasteiger charge is -2.18. The number of carbonyl (C=O) groups excluding carboxylic acids is 1. The van der Waals surface area contributed by atoms with E-state index in [2.05, 4.69) is 5.32 Å². The van der Waals surface area contributed by atoms with Crippen LogP contribution in [-0.2, 0) is 11.3 Å². The Morgan fingerprint density at radius 1 is 1.33 bits per heavy atom. The molecule has 4 heteroatoms. The molecule has 0 saturated heterocycles. The molecule has 1 N–H and O–H groups in total. The molecule has 0 heterocycles. The van der Waals surface area contributed by atoms with Crippen molar-refractivity contribution in [1.82, 2.24) is 10.2 Å². The lowest BCUT2D eigenvalue weighted by atomic mass is 10.1. The summed E-state index contributed by atoms with van der Waals surface area (Å²) in [6.07, 6.45) is 0. The Morgan fingerprint density at radius 2 is 2.00 bits per heavy atom. The number of benzene rings is 1. The van der Waals surface area contributed by atoms with Crippen LogP contribution in [0.3, 0.4) is 0 Å². The van der Waals surface area contributed by atoms with Gasteiger partial charge in [-0.05, 0) is 38.0 Å². The van der Waals surface area contributed by atoms with Gasteiger partial charge in [-0.1, -0.05) is 23.7 Å². The third-order valence-corrected chi connectivity index (χ3v) is 3.36. The van der Waals surface area contributed by atoms with E-state index < -0.39 is 0 Å². The summed E-state index contributed by atoms with van der Waals surface area (Å²) in [5, 5.41) is 3.92.